The van der Waals surface area contributed by atoms with Gasteiger partial charge in [-0.3, -0.25) is 9.59 Å². The molecule has 0 radical (unpaired) electrons. The summed E-state index contributed by atoms with van der Waals surface area (Å²) in [6.45, 7) is 41.5. The number of unbranched alkanes of at least 4 members (excludes halogenated alkanes) is 7. The number of ether oxygens (including phenoxy) is 1. The predicted octanol–water partition coefficient (Wildman–Crippen LogP) is 14.1. The van der Waals surface area contributed by atoms with E-state index < -0.39 is 32.8 Å². The van der Waals surface area contributed by atoms with E-state index in [0.29, 0.717) is 24.7 Å². The van der Waals surface area contributed by atoms with Crippen molar-refractivity contribution in [3.05, 3.63) is 34.6 Å². The van der Waals surface area contributed by atoms with Crippen LogP contribution in [0.5, 0.6) is 0 Å². The van der Waals surface area contributed by atoms with E-state index in [4.69, 9.17) is 13.6 Å². The van der Waals surface area contributed by atoms with E-state index in [1.54, 1.807) is 0 Å². The van der Waals surface area contributed by atoms with Crippen LogP contribution in [0.3, 0.4) is 0 Å². The van der Waals surface area contributed by atoms with Crippen molar-refractivity contribution in [2.24, 2.45) is 0 Å². The van der Waals surface area contributed by atoms with Crippen LogP contribution in [0.25, 0.3) is 0 Å². The average Bonchev–Trinajstić information content (AvgIpc) is 3.48. The van der Waals surface area contributed by atoms with Crippen molar-refractivity contribution in [3.63, 3.8) is 0 Å². The number of Topliss-reactive ketones (excluding diaryl/α,β-unsaturated/α-hetero) is 2. The number of allylic oxidation sites excluding steroid dienone is 3. The zero-order valence-corrected chi connectivity index (χ0v) is 43.4. The van der Waals surface area contributed by atoms with Crippen LogP contribution in [0.2, 0.25) is 75.5 Å². The zero-order valence-electron chi connectivity index (χ0n) is 39.4. The summed E-state index contributed by atoms with van der Waals surface area (Å²) in [6.07, 6.45) is 22.4. The van der Waals surface area contributed by atoms with Gasteiger partial charge < -0.3 is 13.6 Å². The van der Waals surface area contributed by atoms with Crippen molar-refractivity contribution >= 4 is 44.3 Å². The maximum absolute atomic E-state index is 12.8. The van der Waals surface area contributed by atoms with E-state index in [1.165, 1.54) is 56.6 Å². The highest BCUT2D eigenvalue weighted by Crippen LogP contribution is 2.52. The standard InChI is InChI=1S/C23H44O3Si2.C23H44O2Si2/c1-10-11-12-13-14-21-23(25-21,27(5,6)7)17-18-15-19(16-20(18)24)26-28(8,9)22(2,3)4;1-10-11-12-13-14-15-21(26(5,6)7)17-19-16-20(18-22(19)24)25-27(8,9)23(2,3)4/h15,19,21H,10-14,16-17H2,1-9H3;15-16,20H,10-14,17-18H2,1-9H3/b;21-15-. The third-order valence-electron chi connectivity index (χ3n) is 13.4. The number of epoxide rings is 1. The summed E-state index contributed by atoms with van der Waals surface area (Å²) < 4.78 is 19.4. The number of rotatable bonds is 20. The Morgan fingerprint density at radius 1 is 0.709 bits per heavy atom. The Kier molecular flexibility index (Phi) is 18.4. The van der Waals surface area contributed by atoms with Crippen molar-refractivity contribution < 1.29 is 23.2 Å². The Balaban J connectivity index is 0.000000380. The molecular weight excluding hydrogens is 745 g/mol. The summed E-state index contributed by atoms with van der Waals surface area (Å²) in [4.78, 5) is 25.4. The highest BCUT2D eigenvalue weighted by atomic mass is 28.4. The SMILES string of the molecule is CCCCCC/C=C(/CC1=CC(O[Si](C)(C)C(C)(C)C)CC1=O)[Si](C)(C)C.CCCCCCC1OC1(CC1=CC(O[Si](C)(C)C(C)(C)C)CC1=O)[Si](C)(C)C. The fourth-order valence-electron chi connectivity index (χ4n) is 7.28. The molecule has 5 nitrogen and oxygen atoms in total. The molecule has 55 heavy (non-hydrogen) atoms. The van der Waals surface area contributed by atoms with Crippen molar-refractivity contribution in [1.82, 2.24) is 0 Å². The topological polar surface area (TPSA) is 65.1 Å². The predicted molar refractivity (Wildman–Crippen MR) is 249 cm³/mol. The van der Waals surface area contributed by atoms with Crippen molar-refractivity contribution in [3.8, 4) is 0 Å². The fraction of sp³-hybridized carbons (Fsp3) is 0.826. The van der Waals surface area contributed by atoms with Gasteiger partial charge in [0.25, 0.3) is 0 Å². The molecule has 0 amide bonds. The molecule has 0 bridgehead atoms. The molecule has 4 atom stereocenters. The lowest BCUT2D eigenvalue weighted by Crippen LogP contribution is -2.44. The molecule has 0 saturated carbocycles. The van der Waals surface area contributed by atoms with Crippen LogP contribution in [0, 0.1) is 0 Å². The monoisotopic (exact) mass is 833 g/mol. The number of ketones is 2. The summed E-state index contributed by atoms with van der Waals surface area (Å²) in [5.74, 6) is 0.579. The second kappa shape index (κ2) is 20.0. The van der Waals surface area contributed by atoms with Gasteiger partial charge in [-0.15, -0.1) is 0 Å². The van der Waals surface area contributed by atoms with Gasteiger partial charge in [0.2, 0.25) is 0 Å². The lowest BCUT2D eigenvalue weighted by molar-refractivity contribution is -0.116. The Labute approximate surface area is 345 Å². The Morgan fingerprint density at radius 2 is 1.16 bits per heavy atom. The normalized spacial score (nSPS) is 24.2. The minimum atomic E-state index is -1.87. The molecule has 0 N–H and O–H groups in total. The molecule has 0 aromatic rings. The van der Waals surface area contributed by atoms with Crippen LogP contribution in [-0.4, -0.2) is 67.9 Å². The molecule has 4 unspecified atom stereocenters. The Hall–Kier alpha value is -0.692. The van der Waals surface area contributed by atoms with E-state index in [2.05, 4.69) is 139 Å². The number of carbonyl (C=O) groups excluding carboxylic acids is 2. The maximum atomic E-state index is 12.8. The molecule has 1 heterocycles. The minimum absolute atomic E-state index is 0.0131. The van der Waals surface area contributed by atoms with E-state index in [9.17, 15) is 9.59 Å². The second-order valence-corrected chi connectivity index (χ2v) is 42.3. The molecule has 318 valence electrons. The van der Waals surface area contributed by atoms with Gasteiger partial charge in [-0.05, 0) is 85.2 Å². The molecule has 3 aliphatic rings. The first-order valence-electron chi connectivity index (χ1n) is 22.2. The largest absolute Gasteiger partial charge is 0.410 e. The number of carbonyl (C=O) groups is 2. The van der Waals surface area contributed by atoms with Gasteiger partial charge in [-0.1, -0.05) is 151 Å². The van der Waals surface area contributed by atoms with Gasteiger partial charge >= 0.3 is 0 Å². The first-order chi connectivity index (χ1) is 25.0. The van der Waals surface area contributed by atoms with Gasteiger partial charge in [-0.25, -0.2) is 0 Å². The van der Waals surface area contributed by atoms with Crippen LogP contribution < -0.4 is 0 Å². The maximum Gasteiger partial charge on any atom is 0.192 e. The van der Waals surface area contributed by atoms with Crippen LogP contribution in [0.1, 0.15) is 145 Å². The van der Waals surface area contributed by atoms with Gasteiger partial charge in [0.1, 0.15) is 0 Å². The highest BCUT2D eigenvalue weighted by Gasteiger charge is 2.64. The van der Waals surface area contributed by atoms with E-state index in [1.807, 2.05) is 0 Å². The molecule has 0 aromatic heterocycles. The van der Waals surface area contributed by atoms with Crippen molar-refractivity contribution in [1.29, 1.82) is 0 Å². The summed E-state index contributed by atoms with van der Waals surface area (Å²) in [5, 5.41) is 1.82. The van der Waals surface area contributed by atoms with Gasteiger partial charge in [-0.2, -0.15) is 0 Å². The molecule has 2 aliphatic carbocycles. The van der Waals surface area contributed by atoms with E-state index >= 15 is 0 Å². The molecule has 1 aliphatic heterocycles. The minimum Gasteiger partial charge on any atom is -0.410 e. The van der Waals surface area contributed by atoms with Gasteiger partial charge in [0.05, 0.1) is 39.7 Å². The first-order valence-corrected chi connectivity index (χ1v) is 35.0. The van der Waals surface area contributed by atoms with Crippen molar-refractivity contribution in [2.75, 3.05) is 0 Å². The summed E-state index contributed by atoms with van der Waals surface area (Å²) in [5.41, 5.74) is 1.98. The summed E-state index contributed by atoms with van der Waals surface area (Å²) in [7, 11) is -6.67. The second-order valence-electron chi connectivity index (χ2n) is 22.2. The molecule has 1 saturated heterocycles. The van der Waals surface area contributed by atoms with Crippen molar-refractivity contribution in [2.45, 2.75) is 244 Å². The number of hydrogen-bond acceptors (Lipinski definition) is 5. The molecule has 0 aromatic carbocycles. The molecule has 9 heteroatoms. The number of hydrogen-bond donors (Lipinski definition) is 0. The highest BCUT2D eigenvalue weighted by molar-refractivity contribution is 6.83. The lowest BCUT2D eigenvalue weighted by Gasteiger charge is -2.37. The molecular formula is C46H88O5Si4. The smallest absolute Gasteiger partial charge is 0.192 e. The Morgan fingerprint density at radius 3 is 1.60 bits per heavy atom. The average molecular weight is 834 g/mol. The van der Waals surface area contributed by atoms with Crippen LogP contribution in [0.4, 0.5) is 0 Å². The van der Waals surface area contributed by atoms with Crippen LogP contribution >= 0.6 is 0 Å². The lowest BCUT2D eigenvalue weighted by atomic mass is 10.0. The third kappa shape index (κ3) is 14.8. The van der Waals surface area contributed by atoms with Crippen LogP contribution in [-0.2, 0) is 23.2 Å². The fourth-order valence-corrected chi connectivity index (χ4v) is 13.6. The van der Waals surface area contributed by atoms with Gasteiger partial charge in [0, 0.05) is 19.3 Å². The molecule has 1 fully saturated rings. The summed E-state index contributed by atoms with van der Waals surface area (Å²) >= 11 is 0. The molecule has 3 rings (SSSR count). The zero-order chi connectivity index (χ0) is 42.3. The Bertz CT molecular complexity index is 1370. The van der Waals surface area contributed by atoms with Gasteiger partial charge in [0.15, 0.2) is 28.2 Å². The van der Waals surface area contributed by atoms with E-state index in [-0.39, 0.29) is 33.3 Å². The van der Waals surface area contributed by atoms with Crippen LogP contribution in [0.15, 0.2) is 34.6 Å². The first kappa shape index (κ1) is 50.5. The summed E-state index contributed by atoms with van der Waals surface area (Å²) in [6, 6.07) is 0. The van der Waals surface area contributed by atoms with E-state index in [0.717, 1.165) is 36.8 Å². The molecule has 0 spiro atoms. The quantitative estimate of drug-likeness (QED) is 0.0694. The third-order valence-corrected chi connectivity index (χ3v) is 27.9.